The van der Waals surface area contributed by atoms with E-state index in [1.54, 1.807) is 0 Å². The van der Waals surface area contributed by atoms with Gasteiger partial charge < -0.3 is 9.80 Å². The predicted octanol–water partition coefficient (Wildman–Crippen LogP) is 2.71. The van der Waals surface area contributed by atoms with Gasteiger partial charge in [-0.25, -0.2) is 0 Å². The van der Waals surface area contributed by atoms with Crippen molar-refractivity contribution >= 4 is 23.2 Å². The summed E-state index contributed by atoms with van der Waals surface area (Å²) in [4.78, 5) is 16.6. The Balaban J connectivity index is 1.90. The zero-order valence-electron chi connectivity index (χ0n) is 11.2. The maximum atomic E-state index is 12.4. The minimum atomic E-state index is 0.0279. The van der Waals surface area contributed by atoms with Gasteiger partial charge in [0, 0.05) is 30.3 Å². The molecule has 2 aliphatic rings. The van der Waals surface area contributed by atoms with Crippen LogP contribution in [-0.2, 0) is 11.2 Å². The van der Waals surface area contributed by atoms with Gasteiger partial charge in [-0.3, -0.25) is 4.79 Å². The largest absolute Gasteiger partial charge is 0.359 e. The standard InChI is InChI=1S/C15H19ClN2O/c1-2-17-9-7-14(15(17)19)18-8-3-4-11-10-12(16)5-6-13(11)18/h5-6,10,14H,2-4,7-9H2,1H3. The molecule has 1 amide bonds. The molecule has 1 unspecified atom stereocenters. The molecule has 1 aromatic rings. The van der Waals surface area contributed by atoms with Crippen LogP contribution >= 0.6 is 11.6 Å². The van der Waals surface area contributed by atoms with Gasteiger partial charge in [0.2, 0.25) is 5.91 Å². The van der Waals surface area contributed by atoms with Gasteiger partial charge in [-0.2, -0.15) is 0 Å². The fourth-order valence-electron chi connectivity index (χ4n) is 3.24. The number of fused-ring (bicyclic) bond motifs is 1. The van der Waals surface area contributed by atoms with Crippen molar-refractivity contribution in [3.63, 3.8) is 0 Å². The number of benzene rings is 1. The molecule has 1 atom stereocenters. The fourth-order valence-corrected chi connectivity index (χ4v) is 3.44. The first-order valence-corrected chi connectivity index (χ1v) is 7.42. The SMILES string of the molecule is CCN1CCC(N2CCCc3cc(Cl)ccc32)C1=O. The van der Waals surface area contributed by atoms with E-state index in [4.69, 9.17) is 11.6 Å². The van der Waals surface area contributed by atoms with Crippen molar-refractivity contribution in [2.45, 2.75) is 32.2 Å². The molecule has 1 saturated heterocycles. The first kappa shape index (κ1) is 12.8. The number of nitrogens with zero attached hydrogens (tertiary/aromatic N) is 2. The Hall–Kier alpha value is -1.22. The van der Waals surface area contributed by atoms with Crippen molar-refractivity contribution in [2.75, 3.05) is 24.5 Å². The quantitative estimate of drug-likeness (QED) is 0.830. The topological polar surface area (TPSA) is 23.6 Å². The summed E-state index contributed by atoms with van der Waals surface area (Å²) in [6.45, 7) is 4.73. The number of anilines is 1. The lowest BCUT2D eigenvalue weighted by Crippen LogP contribution is -2.44. The lowest BCUT2D eigenvalue weighted by molar-refractivity contribution is -0.128. The van der Waals surface area contributed by atoms with E-state index >= 15 is 0 Å². The van der Waals surface area contributed by atoms with E-state index in [0.29, 0.717) is 0 Å². The van der Waals surface area contributed by atoms with Gasteiger partial charge in [-0.15, -0.1) is 0 Å². The normalized spacial score (nSPS) is 22.8. The lowest BCUT2D eigenvalue weighted by atomic mass is 9.99. The Bertz CT molecular complexity index is 503. The molecular weight excluding hydrogens is 260 g/mol. The third kappa shape index (κ3) is 2.20. The summed E-state index contributed by atoms with van der Waals surface area (Å²) in [6.07, 6.45) is 3.10. The van der Waals surface area contributed by atoms with Crippen molar-refractivity contribution in [1.82, 2.24) is 4.90 Å². The Labute approximate surface area is 119 Å². The Morgan fingerprint density at radius 3 is 2.95 bits per heavy atom. The molecule has 102 valence electrons. The number of aryl methyl sites for hydroxylation is 1. The summed E-state index contributed by atoms with van der Waals surface area (Å²) < 4.78 is 0. The van der Waals surface area contributed by atoms with Gasteiger partial charge >= 0.3 is 0 Å². The molecule has 1 aromatic carbocycles. The van der Waals surface area contributed by atoms with E-state index in [1.165, 1.54) is 11.3 Å². The summed E-state index contributed by atoms with van der Waals surface area (Å²) >= 11 is 6.06. The monoisotopic (exact) mass is 278 g/mol. The van der Waals surface area contributed by atoms with Crippen molar-refractivity contribution in [3.8, 4) is 0 Å². The lowest BCUT2D eigenvalue weighted by Gasteiger charge is -2.35. The van der Waals surface area contributed by atoms with Crippen LogP contribution in [0, 0.1) is 0 Å². The molecule has 19 heavy (non-hydrogen) atoms. The summed E-state index contributed by atoms with van der Waals surface area (Å²) in [5.74, 6) is 0.283. The number of halogens is 1. The molecule has 0 N–H and O–H groups in total. The molecule has 4 heteroatoms. The summed E-state index contributed by atoms with van der Waals surface area (Å²) in [5.41, 5.74) is 2.48. The van der Waals surface area contributed by atoms with E-state index in [0.717, 1.165) is 43.9 Å². The second-order valence-electron chi connectivity index (χ2n) is 5.29. The Morgan fingerprint density at radius 2 is 2.21 bits per heavy atom. The average molecular weight is 279 g/mol. The van der Waals surface area contributed by atoms with Gasteiger partial charge in [0.25, 0.3) is 0 Å². The van der Waals surface area contributed by atoms with Crippen LogP contribution in [0.5, 0.6) is 0 Å². The predicted molar refractivity (Wildman–Crippen MR) is 77.8 cm³/mol. The van der Waals surface area contributed by atoms with Crippen LogP contribution < -0.4 is 4.90 Å². The molecule has 0 bridgehead atoms. The summed E-state index contributed by atoms with van der Waals surface area (Å²) in [6, 6.07) is 6.06. The van der Waals surface area contributed by atoms with Crippen molar-refractivity contribution < 1.29 is 4.79 Å². The highest BCUT2D eigenvalue weighted by Crippen LogP contribution is 2.33. The Kier molecular flexibility index (Phi) is 3.40. The molecule has 2 aliphatic heterocycles. The van der Waals surface area contributed by atoms with Crippen molar-refractivity contribution in [1.29, 1.82) is 0 Å². The van der Waals surface area contributed by atoms with Crippen molar-refractivity contribution in [2.24, 2.45) is 0 Å². The van der Waals surface area contributed by atoms with Gasteiger partial charge in [0.05, 0.1) is 0 Å². The summed E-state index contributed by atoms with van der Waals surface area (Å²) in [5, 5.41) is 0.786. The molecule has 0 aliphatic carbocycles. The molecule has 0 radical (unpaired) electrons. The third-order valence-electron chi connectivity index (χ3n) is 4.22. The second-order valence-corrected chi connectivity index (χ2v) is 5.73. The van der Waals surface area contributed by atoms with E-state index in [2.05, 4.69) is 11.0 Å². The third-order valence-corrected chi connectivity index (χ3v) is 4.46. The first-order valence-electron chi connectivity index (χ1n) is 7.04. The highest BCUT2D eigenvalue weighted by molar-refractivity contribution is 6.30. The fraction of sp³-hybridized carbons (Fsp3) is 0.533. The van der Waals surface area contributed by atoms with Crippen LogP contribution in [0.15, 0.2) is 18.2 Å². The van der Waals surface area contributed by atoms with E-state index < -0.39 is 0 Å². The van der Waals surface area contributed by atoms with E-state index in [1.807, 2.05) is 24.0 Å². The van der Waals surface area contributed by atoms with Crippen LogP contribution in [0.25, 0.3) is 0 Å². The Morgan fingerprint density at radius 1 is 1.37 bits per heavy atom. The number of rotatable bonds is 2. The molecule has 0 saturated carbocycles. The number of likely N-dealkylation sites (N-methyl/N-ethyl adjacent to an activating group) is 1. The zero-order valence-corrected chi connectivity index (χ0v) is 12.0. The first-order chi connectivity index (χ1) is 9.20. The molecule has 3 rings (SSSR count). The van der Waals surface area contributed by atoms with E-state index in [9.17, 15) is 4.79 Å². The van der Waals surface area contributed by atoms with Crippen LogP contribution in [0.4, 0.5) is 5.69 Å². The molecule has 2 heterocycles. The van der Waals surface area contributed by atoms with Gasteiger partial charge in [-0.05, 0) is 49.9 Å². The van der Waals surface area contributed by atoms with Gasteiger partial charge in [0.15, 0.2) is 0 Å². The van der Waals surface area contributed by atoms with Crippen LogP contribution in [-0.4, -0.2) is 36.5 Å². The van der Waals surface area contributed by atoms with Crippen molar-refractivity contribution in [3.05, 3.63) is 28.8 Å². The highest BCUT2D eigenvalue weighted by atomic mass is 35.5. The molecular formula is C15H19ClN2O. The minimum absolute atomic E-state index is 0.0279. The van der Waals surface area contributed by atoms with Crippen LogP contribution in [0.1, 0.15) is 25.3 Å². The molecule has 0 spiro atoms. The molecule has 3 nitrogen and oxygen atoms in total. The van der Waals surface area contributed by atoms with Gasteiger partial charge in [0.1, 0.15) is 6.04 Å². The maximum absolute atomic E-state index is 12.4. The van der Waals surface area contributed by atoms with Crippen LogP contribution in [0.3, 0.4) is 0 Å². The molecule has 0 aromatic heterocycles. The number of hydrogen-bond donors (Lipinski definition) is 0. The zero-order chi connectivity index (χ0) is 13.4. The number of carbonyl (C=O) groups is 1. The number of likely N-dealkylation sites (tertiary alicyclic amines) is 1. The highest BCUT2D eigenvalue weighted by Gasteiger charge is 2.36. The average Bonchev–Trinajstić information content (AvgIpc) is 2.78. The van der Waals surface area contributed by atoms with Crippen LogP contribution in [0.2, 0.25) is 5.02 Å². The number of hydrogen-bond acceptors (Lipinski definition) is 2. The maximum Gasteiger partial charge on any atom is 0.245 e. The number of amides is 1. The number of carbonyl (C=O) groups excluding carboxylic acids is 1. The second kappa shape index (κ2) is 5.04. The minimum Gasteiger partial charge on any atom is -0.359 e. The van der Waals surface area contributed by atoms with Gasteiger partial charge in [-0.1, -0.05) is 11.6 Å². The van der Waals surface area contributed by atoms with E-state index in [-0.39, 0.29) is 11.9 Å². The summed E-state index contributed by atoms with van der Waals surface area (Å²) in [7, 11) is 0. The smallest absolute Gasteiger partial charge is 0.245 e. The molecule has 1 fully saturated rings.